The van der Waals surface area contributed by atoms with Crippen LogP contribution in [-0.2, 0) is 6.42 Å². The predicted molar refractivity (Wildman–Crippen MR) is 81.5 cm³/mol. The van der Waals surface area contributed by atoms with E-state index in [1.807, 2.05) is 17.5 Å². The van der Waals surface area contributed by atoms with Crippen molar-refractivity contribution >= 4 is 11.3 Å². The van der Waals surface area contributed by atoms with E-state index in [9.17, 15) is 0 Å². The third-order valence-electron chi connectivity index (χ3n) is 4.84. The number of hydrogen-bond donors (Lipinski definition) is 1. The summed E-state index contributed by atoms with van der Waals surface area (Å²) in [7, 11) is 0. The Hall–Kier alpha value is -0.410. The van der Waals surface area contributed by atoms with Crippen LogP contribution in [-0.4, -0.2) is 17.6 Å². The molecule has 1 aromatic heterocycles. The second kappa shape index (κ2) is 5.53. The highest BCUT2D eigenvalue weighted by Gasteiger charge is 2.35. The summed E-state index contributed by atoms with van der Waals surface area (Å²) in [4.78, 5) is 4.50. The molecular formula is C16H26N2S. The van der Waals surface area contributed by atoms with Gasteiger partial charge in [0.05, 0.1) is 5.01 Å². The Morgan fingerprint density at radius 2 is 2.16 bits per heavy atom. The van der Waals surface area contributed by atoms with Gasteiger partial charge in [0.25, 0.3) is 0 Å². The summed E-state index contributed by atoms with van der Waals surface area (Å²) < 4.78 is 0. The van der Waals surface area contributed by atoms with E-state index in [2.05, 4.69) is 29.5 Å². The maximum atomic E-state index is 4.50. The fourth-order valence-corrected chi connectivity index (χ4v) is 4.19. The van der Waals surface area contributed by atoms with Crippen LogP contribution in [0.4, 0.5) is 0 Å². The minimum atomic E-state index is 0.526. The average Bonchev–Trinajstić information content (AvgIpc) is 3.04. The van der Waals surface area contributed by atoms with E-state index in [4.69, 9.17) is 0 Å². The molecule has 0 aliphatic heterocycles. The van der Waals surface area contributed by atoms with Crippen LogP contribution >= 0.6 is 11.3 Å². The molecule has 2 unspecified atom stereocenters. The first-order valence-corrected chi connectivity index (χ1v) is 8.62. The Kier molecular flexibility index (Phi) is 3.95. The lowest BCUT2D eigenvalue weighted by Gasteiger charge is -2.41. The molecule has 2 aliphatic carbocycles. The summed E-state index contributed by atoms with van der Waals surface area (Å²) in [6.45, 7) is 6.11. The average molecular weight is 278 g/mol. The van der Waals surface area contributed by atoms with E-state index in [-0.39, 0.29) is 0 Å². The van der Waals surface area contributed by atoms with E-state index in [1.165, 1.54) is 50.1 Å². The van der Waals surface area contributed by atoms with Gasteiger partial charge in [0, 0.05) is 24.0 Å². The van der Waals surface area contributed by atoms with Crippen LogP contribution < -0.4 is 5.32 Å². The standard InChI is InChI=1S/C16H26N2S/c1-16(2)6-5-12(11-18-14-3-4-14)13(10-16)9-15-17-7-8-19-15/h7-8,12-14,18H,3-6,9-11H2,1-2H3. The summed E-state index contributed by atoms with van der Waals surface area (Å²) in [5, 5.41) is 7.19. The molecule has 106 valence electrons. The Morgan fingerprint density at radius 3 is 2.84 bits per heavy atom. The van der Waals surface area contributed by atoms with Crippen LogP contribution in [0.25, 0.3) is 0 Å². The number of thiazole rings is 1. The molecule has 1 aromatic rings. The predicted octanol–water partition coefficient (Wildman–Crippen LogP) is 3.88. The molecule has 1 N–H and O–H groups in total. The van der Waals surface area contributed by atoms with E-state index < -0.39 is 0 Å². The number of nitrogens with zero attached hydrogens (tertiary/aromatic N) is 1. The molecule has 2 aliphatic rings. The van der Waals surface area contributed by atoms with Crippen LogP contribution in [0.3, 0.4) is 0 Å². The molecule has 0 radical (unpaired) electrons. The first-order chi connectivity index (χ1) is 9.12. The van der Waals surface area contributed by atoms with Crippen molar-refractivity contribution in [1.82, 2.24) is 10.3 Å². The maximum Gasteiger partial charge on any atom is 0.0927 e. The van der Waals surface area contributed by atoms with Gasteiger partial charge in [0.1, 0.15) is 0 Å². The monoisotopic (exact) mass is 278 g/mol. The fourth-order valence-electron chi connectivity index (χ4n) is 3.48. The summed E-state index contributed by atoms with van der Waals surface area (Å²) in [6.07, 6.45) is 10.1. The highest BCUT2D eigenvalue weighted by molar-refractivity contribution is 7.09. The molecule has 2 fully saturated rings. The van der Waals surface area contributed by atoms with Crippen LogP contribution in [0.1, 0.15) is 51.0 Å². The first-order valence-electron chi connectivity index (χ1n) is 7.74. The number of aromatic nitrogens is 1. The quantitative estimate of drug-likeness (QED) is 0.884. The molecule has 3 rings (SSSR count). The molecule has 2 saturated carbocycles. The molecule has 19 heavy (non-hydrogen) atoms. The molecular weight excluding hydrogens is 252 g/mol. The Balaban J connectivity index is 1.62. The smallest absolute Gasteiger partial charge is 0.0927 e. The van der Waals surface area contributed by atoms with E-state index in [0.29, 0.717) is 5.41 Å². The van der Waals surface area contributed by atoms with Gasteiger partial charge in [-0.05, 0) is 55.9 Å². The van der Waals surface area contributed by atoms with Crippen LogP contribution in [0.2, 0.25) is 0 Å². The van der Waals surface area contributed by atoms with Crippen molar-refractivity contribution in [1.29, 1.82) is 0 Å². The van der Waals surface area contributed by atoms with Crippen molar-refractivity contribution < 1.29 is 0 Å². The molecule has 0 saturated heterocycles. The molecule has 1 heterocycles. The Morgan fingerprint density at radius 1 is 1.32 bits per heavy atom. The topological polar surface area (TPSA) is 24.9 Å². The van der Waals surface area contributed by atoms with E-state index in [0.717, 1.165) is 17.9 Å². The summed E-state index contributed by atoms with van der Waals surface area (Å²) in [5.41, 5.74) is 0.526. The SMILES string of the molecule is CC1(C)CCC(CNC2CC2)C(Cc2nccs2)C1. The second-order valence-corrected chi connectivity index (χ2v) is 8.22. The molecule has 0 amide bonds. The second-order valence-electron chi connectivity index (χ2n) is 7.24. The largest absolute Gasteiger partial charge is 0.314 e. The highest BCUT2D eigenvalue weighted by Crippen LogP contribution is 2.43. The van der Waals surface area contributed by atoms with Crippen molar-refractivity contribution in [2.75, 3.05) is 6.54 Å². The third-order valence-corrected chi connectivity index (χ3v) is 5.64. The van der Waals surface area contributed by atoms with Gasteiger partial charge in [-0.1, -0.05) is 13.8 Å². The lowest BCUT2D eigenvalue weighted by atomic mass is 9.66. The zero-order valence-corrected chi connectivity index (χ0v) is 13.0. The number of rotatable bonds is 5. The lowest BCUT2D eigenvalue weighted by Crippen LogP contribution is -2.37. The molecule has 0 spiro atoms. The van der Waals surface area contributed by atoms with Gasteiger partial charge in [-0.2, -0.15) is 0 Å². The van der Waals surface area contributed by atoms with Crippen molar-refractivity contribution in [3.05, 3.63) is 16.6 Å². The highest BCUT2D eigenvalue weighted by atomic mass is 32.1. The minimum Gasteiger partial charge on any atom is -0.314 e. The fraction of sp³-hybridized carbons (Fsp3) is 0.812. The van der Waals surface area contributed by atoms with Crippen molar-refractivity contribution in [3.8, 4) is 0 Å². The van der Waals surface area contributed by atoms with Crippen LogP contribution in [0.15, 0.2) is 11.6 Å². The maximum absolute atomic E-state index is 4.50. The third kappa shape index (κ3) is 3.79. The van der Waals surface area contributed by atoms with Gasteiger partial charge in [-0.25, -0.2) is 4.98 Å². The van der Waals surface area contributed by atoms with Gasteiger partial charge in [-0.3, -0.25) is 0 Å². The van der Waals surface area contributed by atoms with E-state index in [1.54, 1.807) is 0 Å². The van der Waals surface area contributed by atoms with Gasteiger partial charge < -0.3 is 5.32 Å². The lowest BCUT2D eigenvalue weighted by molar-refractivity contribution is 0.115. The van der Waals surface area contributed by atoms with Crippen LogP contribution in [0, 0.1) is 17.3 Å². The van der Waals surface area contributed by atoms with Gasteiger partial charge >= 0.3 is 0 Å². The zero-order chi connectivity index (χ0) is 13.3. The van der Waals surface area contributed by atoms with Crippen molar-refractivity contribution in [2.24, 2.45) is 17.3 Å². The van der Waals surface area contributed by atoms with Crippen LogP contribution in [0.5, 0.6) is 0 Å². The first kappa shape index (κ1) is 13.6. The van der Waals surface area contributed by atoms with E-state index >= 15 is 0 Å². The number of hydrogen-bond acceptors (Lipinski definition) is 3. The minimum absolute atomic E-state index is 0.526. The van der Waals surface area contributed by atoms with Gasteiger partial charge in [-0.15, -0.1) is 11.3 Å². The molecule has 0 aromatic carbocycles. The van der Waals surface area contributed by atoms with Crippen molar-refractivity contribution in [2.45, 2.75) is 58.4 Å². The van der Waals surface area contributed by atoms with Gasteiger partial charge in [0.2, 0.25) is 0 Å². The zero-order valence-electron chi connectivity index (χ0n) is 12.2. The Bertz CT molecular complexity index is 393. The Labute approximate surface area is 121 Å². The summed E-state index contributed by atoms with van der Waals surface area (Å²) in [5.74, 6) is 1.68. The van der Waals surface area contributed by atoms with Crippen molar-refractivity contribution in [3.63, 3.8) is 0 Å². The molecule has 2 nitrogen and oxygen atoms in total. The molecule has 2 atom stereocenters. The van der Waals surface area contributed by atoms with Gasteiger partial charge in [0.15, 0.2) is 0 Å². The molecule has 0 bridgehead atoms. The normalized spacial score (nSPS) is 30.4. The molecule has 3 heteroatoms. The number of nitrogens with one attached hydrogen (secondary N) is 1. The summed E-state index contributed by atoms with van der Waals surface area (Å²) >= 11 is 1.82. The summed E-state index contributed by atoms with van der Waals surface area (Å²) in [6, 6.07) is 0.843.